The number of aliphatic hydroxyl groups is 1. The fourth-order valence-electron chi connectivity index (χ4n) is 5.45. The van der Waals surface area contributed by atoms with Gasteiger partial charge in [-0.05, 0) is 49.9 Å². The molecule has 2 heterocycles. The lowest BCUT2D eigenvalue weighted by atomic mass is 9.69. The van der Waals surface area contributed by atoms with Gasteiger partial charge in [0.2, 0.25) is 0 Å². The van der Waals surface area contributed by atoms with Gasteiger partial charge in [0.15, 0.2) is 0 Å². The number of piperidine rings is 1. The zero-order valence-corrected chi connectivity index (χ0v) is 15.6. The standard InChI is InChI=1S/C22H34N2O/c25-22(10-6-2-1-3-7-11-22)18-24-14-12-21(13-15-24)17-23-16-19-8-4-5-9-20(19)21/h4-5,8-9,23,25H,1-3,6-7,10-18H2. The third-order valence-corrected chi connectivity index (χ3v) is 6.98. The minimum Gasteiger partial charge on any atom is -0.389 e. The molecule has 1 saturated carbocycles. The SMILES string of the molecule is OC1(CN2CCC3(CC2)CNCc2ccccc23)CCCCCCC1. The molecule has 1 saturated heterocycles. The Kier molecular flexibility index (Phi) is 5.17. The van der Waals surface area contributed by atoms with Crippen molar-refractivity contribution in [2.24, 2.45) is 0 Å². The van der Waals surface area contributed by atoms with E-state index in [0.29, 0.717) is 5.41 Å². The van der Waals surface area contributed by atoms with Crippen LogP contribution in [0.5, 0.6) is 0 Å². The van der Waals surface area contributed by atoms with Crippen molar-refractivity contribution < 1.29 is 5.11 Å². The van der Waals surface area contributed by atoms with Crippen molar-refractivity contribution in [3.8, 4) is 0 Å². The monoisotopic (exact) mass is 342 g/mol. The Morgan fingerprint density at radius 2 is 1.60 bits per heavy atom. The summed E-state index contributed by atoms with van der Waals surface area (Å²) in [5, 5.41) is 14.8. The Balaban J connectivity index is 1.40. The molecule has 2 N–H and O–H groups in total. The number of nitrogens with zero attached hydrogens (tertiary/aromatic N) is 1. The van der Waals surface area contributed by atoms with E-state index >= 15 is 0 Å². The Morgan fingerprint density at radius 3 is 2.36 bits per heavy atom. The van der Waals surface area contributed by atoms with Crippen LogP contribution in [0.15, 0.2) is 24.3 Å². The molecule has 0 radical (unpaired) electrons. The van der Waals surface area contributed by atoms with Gasteiger partial charge in [-0.3, -0.25) is 0 Å². The quantitative estimate of drug-likeness (QED) is 0.862. The topological polar surface area (TPSA) is 35.5 Å². The maximum absolute atomic E-state index is 11.1. The Labute approximate surface area is 152 Å². The first kappa shape index (κ1) is 17.5. The van der Waals surface area contributed by atoms with Gasteiger partial charge in [0.25, 0.3) is 0 Å². The van der Waals surface area contributed by atoms with Gasteiger partial charge in [-0.2, -0.15) is 0 Å². The molecule has 2 aliphatic heterocycles. The summed E-state index contributed by atoms with van der Waals surface area (Å²) in [6, 6.07) is 9.01. The highest BCUT2D eigenvalue weighted by Crippen LogP contribution is 2.40. The van der Waals surface area contributed by atoms with Crippen LogP contribution in [0, 0.1) is 0 Å². The largest absolute Gasteiger partial charge is 0.389 e. The molecule has 0 amide bonds. The molecule has 1 aliphatic carbocycles. The van der Waals surface area contributed by atoms with Crippen LogP contribution in [0.3, 0.4) is 0 Å². The summed E-state index contributed by atoms with van der Waals surface area (Å²) in [4.78, 5) is 2.55. The van der Waals surface area contributed by atoms with Crippen molar-refractivity contribution in [3.05, 3.63) is 35.4 Å². The highest BCUT2D eigenvalue weighted by Gasteiger charge is 2.40. The van der Waals surface area contributed by atoms with E-state index in [9.17, 15) is 5.11 Å². The van der Waals surface area contributed by atoms with Crippen molar-refractivity contribution in [1.29, 1.82) is 0 Å². The van der Waals surface area contributed by atoms with Gasteiger partial charge in [0.05, 0.1) is 5.60 Å². The number of benzene rings is 1. The second-order valence-corrected chi connectivity index (χ2v) is 8.81. The zero-order valence-electron chi connectivity index (χ0n) is 15.6. The van der Waals surface area contributed by atoms with E-state index in [0.717, 1.165) is 45.6 Å². The van der Waals surface area contributed by atoms with Gasteiger partial charge >= 0.3 is 0 Å². The van der Waals surface area contributed by atoms with Crippen LogP contribution in [-0.4, -0.2) is 41.8 Å². The van der Waals surface area contributed by atoms with Crippen molar-refractivity contribution in [3.63, 3.8) is 0 Å². The van der Waals surface area contributed by atoms with Crippen LogP contribution in [0.2, 0.25) is 0 Å². The maximum atomic E-state index is 11.1. The van der Waals surface area contributed by atoms with Crippen molar-refractivity contribution >= 4 is 0 Å². The number of hydrogen-bond donors (Lipinski definition) is 2. The molecule has 25 heavy (non-hydrogen) atoms. The van der Waals surface area contributed by atoms with Crippen LogP contribution in [0.25, 0.3) is 0 Å². The van der Waals surface area contributed by atoms with Crippen molar-refractivity contribution in [2.45, 2.75) is 75.3 Å². The minimum atomic E-state index is -0.437. The second kappa shape index (κ2) is 7.38. The molecule has 3 heteroatoms. The Bertz CT molecular complexity index is 569. The van der Waals surface area contributed by atoms with E-state index in [4.69, 9.17) is 0 Å². The van der Waals surface area contributed by atoms with E-state index in [1.165, 1.54) is 50.5 Å². The number of rotatable bonds is 2. The summed E-state index contributed by atoms with van der Waals surface area (Å²) in [6.07, 6.45) is 10.8. The number of likely N-dealkylation sites (tertiary alicyclic amines) is 1. The molecular formula is C22H34N2O. The molecule has 0 bridgehead atoms. The molecule has 1 aromatic rings. The molecular weight excluding hydrogens is 308 g/mol. The summed E-state index contributed by atoms with van der Waals surface area (Å²) in [5.74, 6) is 0. The first-order chi connectivity index (χ1) is 12.2. The van der Waals surface area contributed by atoms with Gasteiger partial charge < -0.3 is 15.3 Å². The van der Waals surface area contributed by atoms with Crippen molar-refractivity contribution in [1.82, 2.24) is 10.2 Å². The summed E-state index contributed by atoms with van der Waals surface area (Å²) < 4.78 is 0. The van der Waals surface area contributed by atoms with Crippen molar-refractivity contribution in [2.75, 3.05) is 26.2 Å². The van der Waals surface area contributed by atoms with Crippen LogP contribution in [0.4, 0.5) is 0 Å². The molecule has 2 fully saturated rings. The van der Waals surface area contributed by atoms with Crippen LogP contribution < -0.4 is 5.32 Å². The third-order valence-electron chi connectivity index (χ3n) is 6.98. The molecule has 0 unspecified atom stereocenters. The second-order valence-electron chi connectivity index (χ2n) is 8.81. The molecule has 3 nitrogen and oxygen atoms in total. The van der Waals surface area contributed by atoms with Gasteiger partial charge in [-0.15, -0.1) is 0 Å². The normalized spacial score (nSPS) is 26.6. The Hall–Kier alpha value is -0.900. The maximum Gasteiger partial charge on any atom is 0.0774 e. The summed E-state index contributed by atoms with van der Waals surface area (Å²) >= 11 is 0. The molecule has 0 aromatic heterocycles. The van der Waals surface area contributed by atoms with Crippen LogP contribution >= 0.6 is 0 Å². The first-order valence-corrected chi connectivity index (χ1v) is 10.4. The lowest BCUT2D eigenvalue weighted by Crippen LogP contribution is -2.53. The lowest BCUT2D eigenvalue weighted by Gasteiger charge is -2.47. The minimum absolute atomic E-state index is 0.314. The zero-order chi connectivity index (χ0) is 17.2. The first-order valence-electron chi connectivity index (χ1n) is 10.4. The lowest BCUT2D eigenvalue weighted by molar-refractivity contribution is -0.0271. The average molecular weight is 343 g/mol. The Morgan fingerprint density at radius 1 is 0.920 bits per heavy atom. The van der Waals surface area contributed by atoms with E-state index in [-0.39, 0.29) is 0 Å². The predicted molar refractivity (Wildman–Crippen MR) is 103 cm³/mol. The fourth-order valence-corrected chi connectivity index (χ4v) is 5.45. The molecule has 0 atom stereocenters. The van der Waals surface area contributed by atoms with Crippen LogP contribution in [-0.2, 0) is 12.0 Å². The number of hydrogen-bond acceptors (Lipinski definition) is 3. The predicted octanol–water partition coefficient (Wildman–Crippen LogP) is 3.60. The summed E-state index contributed by atoms with van der Waals surface area (Å²) in [6.45, 7) is 5.26. The van der Waals surface area contributed by atoms with Gasteiger partial charge in [0, 0.05) is 25.0 Å². The van der Waals surface area contributed by atoms with E-state index < -0.39 is 5.60 Å². The summed E-state index contributed by atoms with van der Waals surface area (Å²) in [7, 11) is 0. The molecule has 3 aliphatic rings. The number of nitrogens with one attached hydrogen (secondary N) is 1. The van der Waals surface area contributed by atoms with E-state index in [2.05, 4.69) is 34.5 Å². The smallest absolute Gasteiger partial charge is 0.0774 e. The molecule has 1 aromatic carbocycles. The van der Waals surface area contributed by atoms with Crippen LogP contribution in [0.1, 0.15) is 68.9 Å². The third kappa shape index (κ3) is 3.79. The van der Waals surface area contributed by atoms with Gasteiger partial charge in [-0.25, -0.2) is 0 Å². The number of β-amino-alcohol motifs (C(OH)–C–C–N with tert-alkyl or cyclic N) is 1. The average Bonchev–Trinajstić information content (AvgIpc) is 2.62. The fraction of sp³-hybridized carbons (Fsp3) is 0.727. The highest BCUT2D eigenvalue weighted by atomic mass is 16.3. The van der Waals surface area contributed by atoms with Gasteiger partial charge in [-0.1, -0.05) is 56.4 Å². The summed E-state index contributed by atoms with van der Waals surface area (Å²) in [5.41, 5.74) is 2.95. The molecule has 138 valence electrons. The molecule has 1 spiro atoms. The number of fused-ring (bicyclic) bond motifs is 2. The highest BCUT2D eigenvalue weighted by molar-refractivity contribution is 5.37. The van der Waals surface area contributed by atoms with E-state index in [1.54, 1.807) is 5.56 Å². The van der Waals surface area contributed by atoms with Gasteiger partial charge in [0.1, 0.15) is 0 Å². The van der Waals surface area contributed by atoms with E-state index in [1.807, 2.05) is 0 Å². The molecule has 4 rings (SSSR count).